The van der Waals surface area contributed by atoms with E-state index in [4.69, 9.17) is 4.74 Å². The highest BCUT2D eigenvalue weighted by Crippen LogP contribution is 2.34. The molecule has 0 fully saturated rings. The van der Waals surface area contributed by atoms with E-state index in [0.717, 1.165) is 43.6 Å². The molecule has 0 aliphatic carbocycles. The summed E-state index contributed by atoms with van der Waals surface area (Å²) in [6.45, 7) is 9.28. The molecule has 0 aliphatic rings. The number of nitriles is 1. The van der Waals surface area contributed by atoms with Crippen LogP contribution in [0.25, 0.3) is 0 Å². The van der Waals surface area contributed by atoms with E-state index >= 15 is 0 Å². The summed E-state index contributed by atoms with van der Waals surface area (Å²) < 4.78 is 5.71. The highest BCUT2D eigenvalue weighted by atomic mass is 16.5. The van der Waals surface area contributed by atoms with Gasteiger partial charge in [-0.05, 0) is 36.5 Å². The molecule has 0 saturated carbocycles. The van der Waals surface area contributed by atoms with Crippen LogP contribution in [0.5, 0.6) is 5.75 Å². The Morgan fingerprint density at radius 3 is 2.05 bits per heavy atom. The first-order valence-electron chi connectivity index (χ1n) is 7.72. The fourth-order valence-corrected chi connectivity index (χ4v) is 2.58. The molecule has 0 radical (unpaired) electrons. The van der Waals surface area contributed by atoms with Crippen LogP contribution in [0, 0.1) is 17.2 Å². The number of nitrogens with zero attached hydrogens (tertiary/aromatic N) is 1. The second-order valence-electron chi connectivity index (χ2n) is 5.92. The van der Waals surface area contributed by atoms with Crippen LogP contribution in [-0.2, 0) is 5.41 Å². The fraction of sp³-hybridized carbons (Fsp3) is 0.611. The maximum Gasteiger partial charge on any atom is 0.119 e. The van der Waals surface area contributed by atoms with Crippen LogP contribution in [-0.4, -0.2) is 6.61 Å². The molecule has 0 spiro atoms. The molecule has 0 unspecified atom stereocenters. The van der Waals surface area contributed by atoms with Crippen LogP contribution in [0.3, 0.4) is 0 Å². The van der Waals surface area contributed by atoms with E-state index in [1.54, 1.807) is 0 Å². The number of hydrogen-bond acceptors (Lipinski definition) is 2. The van der Waals surface area contributed by atoms with E-state index in [-0.39, 0.29) is 5.41 Å². The molecule has 20 heavy (non-hydrogen) atoms. The minimum Gasteiger partial charge on any atom is -0.493 e. The van der Waals surface area contributed by atoms with Crippen molar-refractivity contribution in [3.05, 3.63) is 29.8 Å². The highest BCUT2D eigenvalue weighted by Gasteiger charge is 2.30. The summed E-state index contributed by atoms with van der Waals surface area (Å²) in [5, 5.41) is 9.66. The summed E-state index contributed by atoms with van der Waals surface area (Å²) in [5.74, 6) is 1.41. The predicted molar refractivity (Wildman–Crippen MR) is 83.9 cm³/mol. The molecule has 2 heteroatoms. The van der Waals surface area contributed by atoms with Gasteiger partial charge in [-0.15, -0.1) is 0 Å². The Morgan fingerprint density at radius 2 is 1.65 bits per heavy atom. The van der Waals surface area contributed by atoms with Crippen LogP contribution >= 0.6 is 0 Å². The summed E-state index contributed by atoms with van der Waals surface area (Å²) >= 11 is 0. The van der Waals surface area contributed by atoms with Gasteiger partial charge in [0.15, 0.2) is 0 Å². The van der Waals surface area contributed by atoms with Crippen molar-refractivity contribution in [1.82, 2.24) is 0 Å². The topological polar surface area (TPSA) is 33.0 Å². The SMILES string of the molecule is CCCC(C#N)(CCC)c1ccc(OCC(C)C)cc1. The second-order valence-corrected chi connectivity index (χ2v) is 5.92. The molecule has 1 aromatic rings. The summed E-state index contributed by atoms with van der Waals surface area (Å²) in [4.78, 5) is 0. The molecule has 1 rings (SSSR count). The van der Waals surface area contributed by atoms with Crippen molar-refractivity contribution in [2.45, 2.75) is 58.8 Å². The third-order valence-corrected chi connectivity index (χ3v) is 3.56. The Kier molecular flexibility index (Phi) is 6.58. The lowest BCUT2D eigenvalue weighted by Crippen LogP contribution is -2.23. The third-order valence-electron chi connectivity index (χ3n) is 3.56. The van der Waals surface area contributed by atoms with Crippen molar-refractivity contribution in [2.75, 3.05) is 6.61 Å². The number of rotatable bonds is 8. The first kappa shape index (κ1) is 16.6. The van der Waals surface area contributed by atoms with Gasteiger partial charge in [0.25, 0.3) is 0 Å². The van der Waals surface area contributed by atoms with Crippen molar-refractivity contribution in [2.24, 2.45) is 5.92 Å². The van der Waals surface area contributed by atoms with Gasteiger partial charge in [-0.25, -0.2) is 0 Å². The minimum atomic E-state index is -0.333. The molecule has 0 aliphatic heterocycles. The average molecular weight is 273 g/mol. The van der Waals surface area contributed by atoms with Gasteiger partial charge in [-0.1, -0.05) is 52.7 Å². The Bertz CT molecular complexity index is 422. The molecule has 0 aromatic heterocycles. The van der Waals surface area contributed by atoms with Gasteiger partial charge in [0, 0.05) is 0 Å². The van der Waals surface area contributed by atoms with Gasteiger partial charge >= 0.3 is 0 Å². The van der Waals surface area contributed by atoms with E-state index in [9.17, 15) is 5.26 Å². The summed E-state index contributed by atoms with van der Waals surface area (Å²) in [7, 11) is 0. The lowest BCUT2D eigenvalue weighted by atomic mass is 9.75. The average Bonchev–Trinajstić information content (AvgIpc) is 2.45. The second kappa shape index (κ2) is 7.94. The standard InChI is InChI=1S/C18H27NO/c1-5-11-18(14-19,12-6-2)16-7-9-17(10-8-16)20-13-15(3)4/h7-10,15H,5-6,11-13H2,1-4H3. The summed E-state index contributed by atoms with van der Waals surface area (Å²) in [5.41, 5.74) is 0.792. The fourth-order valence-electron chi connectivity index (χ4n) is 2.58. The predicted octanol–water partition coefficient (Wildman–Crippen LogP) is 5.08. The van der Waals surface area contributed by atoms with Crippen LogP contribution in [0.2, 0.25) is 0 Å². The van der Waals surface area contributed by atoms with Gasteiger partial charge in [0.1, 0.15) is 5.75 Å². The smallest absolute Gasteiger partial charge is 0.119 e. The van der Waals surface area contributed by atoms with Crippen molar-refractivity contribution < 1.29 is 4.74 Å². The highest BCUT2D eigenvalue weighted by molar-refractivity contribution is 5.36. The van der Waals surface area contributed by atoms with E-state index < -0.39 is 0 Å². The van der Waals surface area contributed by atoms with Gasteiger partial charge in [-0.2, -0.15) is 5.26 Å². The number of ether oxygens (including phenoxy) is 1. The number of hydrogen-bond donors (Lipinski definition) is 0. The zero-order valence-electron chi connectivity index (χ0n) is 13.3. The van der Waals surface area contributed by atoms with Crippen molar-refractivity contribution >= 4 is 0 Å². The quantitative estimate of drug-likeness (QED) is 0.661. The Hall–Kier alpha value is -1.49. The van der Waals surface area contributed by atoms with Crippen LogP contribution < -0.4 is 4.74 Å². The number of benzene rings is 1. The lowest BCUT2D eigenvalue weighted by Gasteiger charge is -2.26. The third kappa shape index (κ3) is 4.27. The zero-order chi connectivity index (χ0) is 15.0. The normalized spacial score (nSPS) is 11.4. The summed E-state index contributed by atoms with van der Waals surface area (Å²) in [6.07, 6.45) is 3.89. The molecule has 0 N–H and O–H groups in total. The molecule has 0 heterocycles. The monoisotopic (exact) mass is 273 g/mol. The van der Waals surface area contributed by atoms with Crippen LogP contribution in [0.4, 0.5) is 0 Å². The molecular formula is C18H27NO. The lowest BCUT2D eigenvalue weighted by molar-refractivity contribution is 0.271. The summed E-state index contributed by atoms with van der Waals surface area (Å²) in [6, 6.07) is 10.7. The van der Waals surface area contributed by atoms with Gasteiger partial charge < -0.3 is 4.74 Å². The van der Waals surface area contributed by atoms with Crippen molar-refractivity contribution in [3.63, 3.8) is 0 Å². The first-order valence-corrected chi connectivity index (χ1v) is 7.72. The van der Waals surface area contributed by atoms with Crippen LogP contribution in [0.15, 0.2) is 24.3 Å². The Morgan fingerprint density at radius 1 is 1.10 bits per heavy atom. The van der Waals surface area contributed by atoms with E-state index in [1.807, 2.05) is 12.1 Å². The minimum absolute atomic E-state index is 0.333. The van der Waals surface area contributed by atoms with Gasteiger partial charge in [0.05, 0.1) is 18.1 Å². The van der Waals surface area contributed by atoms with Gasteiger partial charge in [0.2, 0.25) is 0 Å². The molecule has 0 amide bonds. The maximum atomic E-state index is 9.66. The first-order chi connectivity index (χ1) is 9.57. The van der Waals surface area contributed by atoms with E-state index in [1.165, 1.54) is 0 Å². The largest absolute Gasteiger partial charge is 0.493 e. The molecular weight excluding hydrogens is 246 g/mol. The molecule has 0 atom stereocenters. The van der Waals surface area contributed by atoms with Crippen molar-refractivity contribution in [1.29, 1.82) is 5.26 Å². The van der Waals surface area contributed by atoms with Crippen LogP contribution in [0.1, 0.15) is 58.9 Å². The molecule has 0 saturated heterocycles. The van der Waals surface area contributed by atoms with Crippen molar-refractivity contribution in [3.8, 4) is 11.8 Å². The Balaban J connectivity index is 2.90. The van der Waals surface area contributed by atoms with Gasteiger partial charge in [-0.3, -0.25) is 0 Å². The Labute approximate surface area is 123 Å². The zero-order valence-corrected chi connectivity index (χ0v) is 13.3. The molecule has 0 bridgehead atoms. The molecule has 110 valence electrons. The van der Waals surface area contributed by atoms with E-state index in [0.29, 0.717) is 5.92 Å². The van der Waals surface area contributed by atoms with E-state index in [2.05, 4.69) is 45.9 Å². The molecule has 2 nitrogen and oxygen atoms in total. The maximum absolute atomic E-state index is 9.66. The molecule has 1 aromatic carbocycles.